The van der Waals surface area contributed by atoms with Crippen molar-refractivity contribution in [1.82, 2.24) is 0 Å². The van der Waals surface area contributed by atoms with Crippen molar-refractivity contribution in [2.75, 3.05) is 6.61 Å². The molecule has 22 heavy (non-hydrogen) atoms. The first-order valence-electron chi connectivity index (χ1n) is 7.29. The van der Waals surface area contributed by atoms with Crippen LogP contribution in [0, 0.1) is 0 Å². The number of aliphatic hydroxyl groups is 1. The number of esters is 2. The molecule has 0 radical (unpaired) electrons. The molecule has 1 heterocycles. The van der Waals surface area contributed by atoms with E-state index in [2.05, 4.69) is 0 Å². The number of carbonyl (C=O) groups excluding carboxylic acids is 2. The Kier molecular flexibility index (Phi) is 6.77. The largest absolute Gasteiger partial charge is 0.452 e. The van der Waals surface area contributed by atoms with Gasteiger partial charge in [-0.1, -0.05) is 12.2 Å². The van der Waals surface area contributed by atoms with Crippen LogP contribution in [0.2, 0.25) is 0 Å². The molecular weight excluding hydrogens is 288 g/mol. The van der Waals surface area contributed by atoms with Crippen molar-refractivity contribution in [1.29, 1.82) is 0 Å². The molecule has 0 aromatic rings. The second-order valence-corrected chi connectivity index (χ2v) is 5.29. The van der Waals surface area contributed by atoms with Crippen LogP contribution in [0.3, 0.4) is 0 Å². The fourth-order valence-electron chi connectivity index (χ4n) is 1.90. The van der Waals surface area contributed by atoms with Gasteiger partial charge < -0.3 is 19.3 Å². The lowest BCUT2D eigenvalue weighted by molar-refractivity contribution is -0.213. The molecule has 2 unspecified atom stereocenters. The number of rotatable bonds is 4. The molecule has 0 aliphatic carbocycles. The highest BCUT2D eigenvalue weighted by Gasteiger charge is 2.43. The van der Waals surface area contributed by atoms with Crippen molar-refractivity contribution in [2.24, 2.45) is 0 Å². The van der Waals surface area contributed by atoms with Gasteiger partial charge in [0.05, 0.1) is 12.7 Å². The number of hydrogen-bond acceptors (Lipinski definition) is 6. The summed E-state index contributed by atoms with van der Waals surface area (Å²) < 4.78 is 16.0. The minimum absolute atomic E-state index is 0.0185. The van der Waals surface area contributed by atoms with Crippen LogP contribution in [0.5, 0.6) is 0 Å². The summed E-state index contributed by atoms with van der Waals surface area (Å²) in [5.41, 5.74) is 0.850. The normalized spacial score (nSPS) is 29.9. The molecule has 6 nitrogen and oxygen atoms in total. The van der Waals surface area contributed by atoms with E-state index < -0.39 is 36.4 Å². The fourth-order valence-corrected chi connectivity index (χ4v) is 1.90. The standard InChI is InChI=1S/C16H24O6/c1-6-9(3)15(18)21-13-11(5)20-8-12(17)14(13)22-16(19)10(4)7-2/h6-7,11-14,17H,8H2,1-5H3/b9-6-,10-7-/t11?,12?,13-,14+/m0/s1. The average molecular weight is 312 g/mol. The smallest absolute Gasteiger partial charge is 0.333 e. The van der Waals surface area contributed by atoms with Crippen LogP contribution < -0.4 is 0 Å². The van der Waals surface area contributed by atoms with E-state index in [4.69, 9.17) is 14.2 Å². The minimum atomic E-state index is -1.05. The highest BCUT2D eigenvalue weighted by Crippen LogP contribution is 2.23. The number of allylic oxidation sites excluding steroid dienone is 2. The molecule has 1 saturated heterocycles. The van der Waals surface area contributed by atoms with Gasteiger partial charge in [-0.25, -0.2) is 9.59 Å². The maximum atomic E-state index is 11.9. The van der Waals surface area contributed by atoms with Crippen molar-refractivity contribution in [3.8, 4) is 0 Å². The zero-order valence-corrected chi connectivity index (χ0v) is 13.7. The average Bonchev–Trinajstić information content (AvgIpc) is 2.51. The molecule has 1 fully saturated rings. The molecule has 0 saturated carbocycles. The van der Waals surface area contributed by atoms with E-state index in [1.807, 2.05) is 0 Å². The zero-order chi connectivity index (χ0) is 16.9. The van der Waals surface area contributed by atoms with Gasteiger partial charge in [0.2, 0.25) is 0 Å². The van der Waals surface area contributed by atoms with Crippen LogP contribution in [0.15, 0.2) is 23.3 Å². The summed E-state index contributed by atoms with van der Waals surface area (Å²) in [5, 5.41) is 10.0. The van der Waals surface area contributed by atoms with Gasteiger partial charge in [0.15, 0.2) is 12.2 Å². The Hall–Kier alpha value is -1.66. The number of ether oxygens (including phenoxy) is 3. The van der Waals surface area contributed by atoms with Crippen LogP contribution in [-0.2, 0) is 23.8 Å². The van der Waals surface area contributed by atoms with E-state index in [0.29, 0.717) is 11.1 Å². The Balaban J connectivity index is 2.92. The van der Waals surface area contributed by atoms with Crippen molar-refractivity contribution in [3.63, 3.8) is 0 Å². The van der Waals surface area contributed by atoms with E-state index in [-0.39, 0.29) is 6.61 Å². The van der Waals surface area contributed by atoms with Gasteiger partial charge in [-0.2, -0.15) is 0 Å². The fraction of sp³-hybridized carbons (Fsp3) is 0.625. The van der Waals surface area contributed by atoms with E-state index >= 15 is 0 Å². The lowest BCUT2D eigenvalue weighted by Gasteiger charge is -2.38. The van der Waals surface area contributed by atoms with Gasteiger partial charge in [0.1, 0.15) is 6.10 Å². The summed E-state index contributed by atoms with van der Waals surface area (Å²) in [4.78, 5) is 23.9. The quantitative estimate of drug-likeness (QED) is 0.626. The van der Waals surface area contributed by atoms with Crippen LogP contribution in [0.4, 0.5) is 0 Å². The molecule has 0 aromatic heterocycles. The third-order valence-corrected chi connectivity index (χ3v) is 3.69. The van der Waals surface area contributed by atoms with Crippen LogP contribution >= 0.6 is 0 Å². The van der Waals surface area contributed by atoms with Gasteiger partial charge >= 0.3 is 11.9 Å². The number of carbonyl (C=O) groups is 2. The van der Waals surface area contributed by atoms with E-state index in [1.54, 1.807) is 46.8 Å². The predicted octanol–water partition coefficient (Wildman–Crippen LogP) is 1.52. The summed E-state index contributed by atoms with van der Waals surface area (Å²) in [5.74, 6) is -1.08. The lowest BCUT2D eigenvalue weighted by atomic mass is 10.0. The lowest BCUT2D eigenvalue weighted by Crippen LogP contribution is -2.55. The molecule has 0 aromatic carbocycles. The van der Waals surface area contributed by atoms with E-state index in [9.17, 15) is 14.7 Å². The monoisotopic (exact) mass is 312 g/mol. The third-order valence-electron chi connectivity index (χ3n) is 3.69. The van der Waals surface area contributed by atoms with Crippen molar-refractivity contribution in [3.05, 3.63) is 23.3 Å². The Labute approximate surface area is 130 Å². The molecule has 1 aliphatic rings. The molecule has 124 valence electrons. The summed E-state index contributed by atoms with van der Waals surface area (Å²) in [6.45, 7) is 8.40. The number of aliphatic hydroxyl groups excluding tert-OH is 1. The maximum absolute atomic E-state index is 11.9. The van der Waals surface area contributed by atoms with Gasteiger partial charge in [0, 0.05) is 11.1 Å². The van der Waals surface area contributed by atoms with Crippen LogP contribution in [-0.4, -0.2) is 48.1 Å². The summed E-state index contributed by atoms with van der Waals surface area (Å²) in [6.07, 6.45) is -0.116. The first kappa shape index (κ1) is 18.4. The Morgan fingerprint density at radius 3 is 1.95 bits per heavy atom. The van der Waals surface area contributed by atoms with Gasteiger partial charge in [-0.05, 0) is 34.6 Å². The molecule has 0 amide bonds. The Morgan fingerprint density at radius 2 is 1.50 bits per heavy atom. The van der Waals surface area contributed by atoms with Crippen molar-refractivity contribution in [2.45, 2.75) is 59.0 Å². The molecule has 1 aliphatic heterocycles. The second-order valence-electron chi connectivity index (χ2n) is 5.29. The first-order chi connectivity index (χ1) is 10.3. The zero-order valence-electron chi connectivity index (χ0n) is 13.7. The van der Waals surface area contributed by atoms with Crippen molar-refractivity contribution < 1.29 is 28.9 Å². The van der Waals surface area contributed by atoms with Gasteiger partial charge in [-0.3, -0.25) is 0 Å². The molecule has 0 spiro atoms. The minimum Gasteiger partial charge on any atom is -0.452 e. The highest BCUT2D eigenvalue weighted by molar-refractivity contribution is 5.88. The molecule has 6 heteroatoms. The Morgan fingerprint density at radius 1 is 1.05 bits per heavy atom. The summed E-state index contributed by atoms with van der Waals surface area (Å²) in [6, 6.07) is 0. The van der Waals surface area contributed by atoms with Gasteiger partial charge in [-0.15, -0.1) is 0 Å². The molecule has 1 rings (SSSR count). The molecule has 1 N–H and O–H groups in total. The first-order valence-corrected chi connectivity index (χ1v) is 7.29. The topological polar surface area (TPSA) is 82.1 Å². The van der Waals surface area contributed by atoms with Crippen molar-refractivity contribution >= 4 is 11.9 Å². The van der Waals surface area contributed by atoms with Crippen LogP contribution in [0.1, 0.15) is 34.6 Å². The van der Waals surface area contributed by atoms with E-state index in [0.717, 1.165) is 0 Å². The molecule has 0 bridgehead atoms. The predicted molar refractivity (Wildman–Crippen MR) is 80.0 cm³/mol. The number of hydrogen-bond donors (Lipinski definition) is 1. The Bertz CT molecular complexity index is 435. The van der Waals surface area contributed by atoms with Crippen LogP contribution in [0.25, 0.3) is 0 Å². The maximum Gasteiger partial charge on any atom is 0.333 e. The third kappa shape index (κ3) is 4.42. The van der Waals surface area contributed by atoms with E-state index in [1.165, 1.54) is 0 Å². The SMILES string of the molecule is C/C=C(/C)C(=O)O[C@@H]1C(O)COC(C)[C@@H]1OC(=O)/C(C)=C\C. The second kappa shape index (κ2) is 8.10. The summed E-state index contributed by atoms with van der Waals surface area (Å²) in [7, 11) is 0. The highest BCUT2D eigenvalue weighted by atomic mass is 16.6. The van der Waals surface area contributed by atoms with Gasteiger partial charge in [0.25, 0.3) is 0 Å². The summed E-state index contributed by atoms with van der Waals surface area (Å²) >= 11 is 0. The molecule has 4 atom stereocenters. The molecular formula is C16H24O6.